The summed E-state index contributed by atoms with van der Waals surface area (Å²) in [6.07, 6.45) is 1.52. The van der Waals surface area contributed by atoms with Crippen LogP contribution in [0.3, 0.4) is 0 Å². The number of aromatic nitrogens is 1. The molecule has 0 radical (unpaired) electrons. The van der Waals surface area contributed by atoms with E-state index in [2.05, 4.69) is 10.3 Å². The lowest BCUT2D eigenvalue weighted by Crippen LogP contribution is -2.38. The quantitative estimate of drug-likeness (QED) is 0.426. The molecule has 1 N–H and O–H groups in total. The topological polar surface area (TPSA) is 90.0 Å². The van der Waals surface area contributed by atoms with Gasteiger partial charge in [-0.1, -0.05) is 23.7 Å². The molecule has 3 aromatic rings. The zero-order valence-corrected chi connectivity index (χ0v) is 22.9. The lowest BCUT2D eigenvalue weighted by molar-refractivity contribution is 0.0708. The summed E-state index contributed by atoms with van der Waals surface area (Å²) in [5, 5.41) is 6.29. The third kappa shape index (κ3) is 5.83. The number of likely N-dealkylation sites (tertiary alicyclic amines) is 1. The number of hydrogen-bond donors (Lipinski definition) is 1. The zero-order chi connectivity index (χ0) is 26.5. The van der Waals surface area contributed by atoms with Crippen LogP contribution in [-0.2, 0) is 6.54 Å². The van der Waals surface area contributed by atoms with Crippen LogP contribution in [0.25, 0.3) is 0 Å². The van der Waals surface area contributed by atoms with Crippen LogP contribution in [0.1, 0.15) is 55.7 Å². The highest BCUT2D eigenvalue weighted by atomic mass is 35.5. The lowest BCUT2D eigenvalue weighted by atomic mass is 9.97. The standard InChI is InChI=1S/C27H30ClN3O5S/c1-16-5-6-17(13-20(16)28)14-29-25(32)21-15-37-26(30-21)18-9-11-31(12-10-18)27(33)19-7-8-22(34-2)24(36-4)23(19)35-3/h5-8,13,15,18H,9-12,14H2,1-4H3,(H,29,32). The van der Waals surface area contributed by atoms with Gasteiger partial charge in [0.25, 0.3) is 11.8 Å². The van der Waals surface area contributed by atoms with Crippen molar-refractivity contribution >= 4 is 34.8 Å². The Morgan fingerprint density at radius 2 is 1.81 bits per heavy atom. The van der Waals surface area contributed by atoms with Gasteiger partial charge < -0.3 is 24.4 Å². The number of piperidine rings is 1. The average Bonchev–Trinajstić information content (AvgIpc) is 3.42. The summed E-state index contributed by atoms with van der Waals surface area (Å²) in [7, 11) is 4.56. The number of ether oxygens (including phenoxy) is 3. The maximum atomic E-state index is 13.3. The van der Waals surface area contributed by atoms with E-state index in [0.29, 0.717) is 53.2 Å². The highest BCUT2D eigenvalue weighted by Gasteiger charge is 2.30. The van der Waals surface area contributed by atoms with E-state index in [1.165, 1.54) is 32.7 Å². The molecule has 0 unspecified atom stereocenters. The number of rotatable bonds is 8. The third-order valence-electron chi connectivity index (χ3n) is 6.51. The molecule has 0 spiro atoms. The molecule has 0 atom stereocenters. The number of carbonyl (C=O) groups excluding carboxylic acids is 2. The molecule has 37 heavy (non-hydrogen) atoms. The number of aryl methyl sites for hydroxylation is 1. The number of amides is 2. The van der Waals surface area contributed by atoms with Crippen LogP contribution < -0.4 is 19.5 Å². The molecule has 0 aliphatic carbocycles. The van der Waals surface area contributed by atoms with Gasteiger partial charge in [0.05, 0.1) is 31.9 Å². The van der Waals surface area contributed by atoms with Gasteiger partial charge in [0.15, 0.2) is 11.5 Å². The van der Waals surface area contributed by atoms with Gasteiger partial charge in [0, 0.05) is 36.0 Å². The lowest BCUT2D eigenvalue weighted by Gasteiger charge is -2.31. The van der Waals surface area contributed by atoms with E-state index < -0.39 is 0 Å². The Bertz CT molecular complexity index is 1290. The van der Waals surface area contributed by atoms with E-state index in [1.807, 2.05) is 30.0 Å². The number of halogens is 1. The van der Waals surface area contributed by atoms with E-state index in [9.17, 15) is 9.59 Å². The number of carbonyl (C=O) groups is 2. The molecule has 4 rings (SSSR count). The maximum absolute atomic E-state index is 13.3. The molecule has 8 nitrogen and oxygen atoms in total. The number of hydrogen-bond acceptors (Lipinski definition) is 7. The van der Waals surface area contributed by atoms with Gasteiger partial charge in [-0.15, -0.1) is 11.3 Å². The Morgan fingerprint density at radius 1 is 1.08 bits per heavy atom. The molecule has 0 saturated carbocycles. The molecule has 2 aromatic carbocycles. The van der Waals surface area contributed by atoms with Crippen LogP contribution in [0.15, 0.2) is 35.7 Å². The van der Waals surface area contributed by atoms with Crippen molar-refractivity contribution in [2.24, 2.45) is 0 Å². The molecule has 1 saturated heterocycles. The predicted octanol–water partition coefficient (Wildman–Crippen LogP) is 5.08. The van der Waals surface area contributed by atoms with Gasteiger partial charge in [0.2, 0.25) is 5.75 Å². The van der Waals surface area contributed by atoms with E-state index in [-0.39, 0.29) is 17.7 Å². The first kappa shape index (κ1) is 26.8. The van der Waals surface area contributed by atoms with Crippen molar-refractivity contribution in [1.29, 1.82) is 0 Å². The van der Waals surface area contributed by atoms with E-state index in [0.717, 1.165) is 29.0 Å². The Kier molecular flexibility index (Phi) is 8.56. The van der Waals surface area contributed by atoms with E-state index in [4.69, 9.17) is 25.8 Å². The van der Waals surface area contributed by atoms with Crippen molar-refractivity contribution in [3.05, 3.63) is 68.1 Å². The van der Waals surface area contributed by atoms with Gasteiger partial charge in [-0.25, -0.2) is 4.98 Å². The second-order valence-electron chi connectivity index (χ2n) is 8.79. The van der Waals surface area contributed by atoms with Crippen LogP contribution in [0.2, 0.25) is 5.02 Å². The minimum absolute atomic E-state index is 0.119. The monoisotopic (exact) mass is 543 g/mol. The van der Waals surface area contributed by atoms with Crippen LogP contribution in [0.5, 0.6) is 17.2 Å². The van der Waals surface area contributed by atoms with Gasteiger partial charge in [0.1, 0.15) is 5.69 Å². The molecule has 196 valence electrons. The number of nitrogens with zero attached hydrogens (tertiary/aromatic N) is 2. The zero-order valence-electron chi connectivity index (χ0n) is 21.3. The van der Waals surface area contributed by atoms with Crippen LogP contribution in [-0.4, -0.2) is 56.1 Å². The minimum atomic E-state index is -0.215. The van der Waals surface area contributed by atoms with Gasteiger partial charge in [-0.3, -0.25) is 9.59 Å². The van der Waals surface area contributed by atoms with Crippen LogP contribution in [0, 0.1) is 6.92 Å². The summed E-state index contributed by atoms with van der Waals surface area (Å²) in [5.74, 6) is 1.11. The first-order valence-corrected chi connectivity index (χ1v) is 13.2. The summed E-state index contributed by atoms with van der Waals surface area (Å²) in [6.45, 7) is 3.48. The molecule has 2 amide bonds. The van der Waals surface area contributed by atoms with E-state index in [1.54, 1.807) is 17.5 Å². The third-order valence-corrected chi connectivity index (χ3v) is 7.92. The summed E-state index contributed by atoms with van der Waals surface area (Å²) < 4.78 is 16.2. The molecule has 1 aliphatic heterocycles. The second-order valence-corrected chi connectivity index (χ2v) is 10.1. The van der Waals surface area contributed by atoms with Crippen molar-refractivity contribution in [2.45, 2.75) is 32.2 Å². The molecule has 1 fully saturated rings. The van der Waals surface area contributed by atoms with Crippen molar-refractivity contribution in [3.63, 3.8) is 0 Å². The Labute approximate surface area is 225 Å². The minimum Gasteiger partial charge on any atom is -0.493 e. The molecular formula is C27H30ClN3O5S. The smallest absolute Gasteiger partial charge is 0.271 e. The van der Waals surface area contributed by atoms with Crippen molar-refractivity contribution in [2.75, 3.05) is 34.4 Å². The Hall–Kier alpha value is -3.30. The predicted molar refractivity (Wildman–Crippen MR) is 143 cm³/mol. The normalized spacial score (nSPS) is 13.8. The van der Waals surface area contributed by atoms with Gasteiger partial charge in [-0.2, -0.15) is 0 Å². The van der Waals surface area contributed by atoms with Crippen LogP contribution in [0.4, 0.5) is 0 Å². The largest absolute Gasteiger partial charge is 0.493 e. The van der Waals surface area contributed by atoms with Gasteiger partial charge in [-0.05, 0) is 49.1 Å². The fourth-order valence-electron chi connectivity index (χ4n) is 4.37. The molecule has 0 bridgehead atoms. The SMILES string of the molecule is COc1ccc(C(=O)N2CCC(c3nc(C(=O)NCc4ccc(C)c(Cl)c4)cs3)CC2)c(OC)c1OC. The average molecular weight is 544 g/mol. The van der Waals surface area contributed by atoms with Gasteiger partial charge >= 0.3 is 0 Å². The first-order chi connectivity index (χ1) is 17.9. The van der Waals surface area contributed by atoms with E-state index >= 15 is 0 Å². The number of methoxy groups -OCH3 is 3. The summed E-state index contributed by atoms with van der Waals surface area (Å²) in [4.78, 5) is 32.3. The number of nitrogens with one attached hydrogen (secondary N) is 1. The fraction of sp³-hybridized carbons (Fsp3) is 0.370. The molecule has 1 aliphatic rings. The van der Waals surface area contributed by atoms with Crippen molar-refractivity contribution < 1.29 is 23.8 Å². The number of thiazole rings is 1. The number of benzene rings is 2. The molecular weight excluding hydrogens is 514 g/mol. The summed E-state index contributed by atoms with van der Waals surface area (Å²) in [6, 6.07) is 9.14. The van der Waals surface area contributed by atoms with Crippen LogP contribution >= 0.6 is 22.9 Å². The second kappa shape index (κ2) is 11.8. The highest BCUT2D eigenvalue weighted by molar-refractivity contribution is 7.09. The van der Waals surface area contributed by atoms with Crippen molar-refractivity contribution in [1.82, 2.24) is 15.2 Å². The fourth-order valence-corrected chi connectivity index (χ4v) is 5.54. The summed E-state index contributed by atoms with van der Waals surface area (Å²) in [5.41, 5.74) is 2.77. The Morgan fingerprint density at radius 3 is 2.46 bits per heavy atom. The first-order valence-electron chi connectivity index (χ1n) is 11.9. The van der Waals surface area contributed by atoms with Crippen molar-refractivity contribution in [3.8, 4) is 17.2 Å². The summed E-state index contributed by atoms with van der Waals surface area (Å²) >= 11 is 7.66. The molecule has 10 heteroatoms. The molecule has 2 heterocycles. The molecule has 1 aromatic heterocycles. The Balaban J connectivity index is 1.36. The maximum Gasteiger partial charge on any atom is 0.271 e. The highest BCUT2D eigenvalue weighted by Crippen LogP contribution is 2.41.